The van der Waals surface area contributed by atoms with Crippen molar-refractivity contribution in [2.75, 3.05) is 4.90 Å². The fourth-order valence-corrected chi connectivity index (χ4v) is 11.1. The Morgan fingerprint density at radius 2 is 0.848 bits per heavy atom. The van der Waals surface area contributed by atoms with E-state index in [4.69, 9.17) is 0 Å². The van der Waals surface area contributed by atoms with Gasteiger partial charge in [0.15, 0.2) is 0 Å². The van der Waals surface area contributed by atoms with Crippen LogP contribution in [0.4, 0.5) is 17.1 Å². The van der Waals surface area contributed by atoms with E-state index in [1.165, 1.54) is 93.8 Å². The molecule has 3 heteroatoms. The van der Waals surface area contributed by atoms with Crippen LogP contribution >= 0.6 is 0 Å². The number of nitrogens with zero attached hydrogens (tertiary/aromatic N) is 3. The summed E-state index contributed by atoms with van der Waals surface area (Å²) in [7, 11) is 0. The van der Waals surface area contributed by atoms with E-state index in [0.717, 1.165) is 22.7 Å². The lowest BCUT2D eigenvalue weighted by Gasteiger charge is -2.29. The van der Waals surface area contributed by atoms with Crippen molar-refractivity contribution in [3.8, 4) is 44.8 Å². The van der Waals surface area contributed by atoms with Crippen molar-refractivity contribution in [3.63, 3.8) is 0 Å². The number of rotatable bonds is 7. The van der Waals surface area contributed by atoms with Crippen molar-refractivity contribution in [2.45, 2.75) is 19.3 Å². The average Bonchev–Trinajstić information content (AvgIpc) is 3.99. The zero-order valence-electron chi connectivity index (χ0n) is 36.9. The van der Waals surface area contributed by atoms with Gasteiger partial charge in [-0.1, -0.05) is 184 Å². The molecule has 0 N–H and O–H groups in total. The second kappa shape index (κ2) is 14.8. The molecule has 0 saturated heterocycles. The normalized spacial score (nSPS) is 12.8. The molecule has 0 unspecified atom stereocenters. The SMILES string of the molecule is CC1(C)c2ccccc2-c2c(N(c3ccc(-c4ccccc4)cc3)c3ccc(-c4cccc5c4c4ccc6c7ccccc7n(-c7ccccc7)c6c4n5-c4ccccc4)cc3)cccc21. The Kier molecular flexibility index (Phi) is 8.56. The molecule has 0 spiro atoms. The topological polar surface area (TPSA) is 13.1 Å². The molecule has 1 aliphatic carbocycles. The number of anilines is 3. The van der Waals surface area contributed by atoms with Crippen LogP contribution in [0.3, 0.4) is 0 Å². The van der Waals surface area contributed by atoms with Crippen LogP contribution in [0.1, 0.15) is 25.0 Å². The molecule has 13 rings (SSSR count). The van der Waals surface area contributed by atoms with Gasteiger partial charge in [0.25, 0.3) is 0 Å². The van der Waals surface area contributed by atoms with Crippen LogP contribution in [-0.4, -0.2) is 9.13 Å². The van der Waals surface area contributed by atoms with E-state index in [1.54, 1.807) is 0 Å². The molecule has 1 aliphatic rings. The summed E-state index contributed by atoms with van der Waals surface area (Å²) >= 11 is 0. The van der Waals surface area contributed by atoms with Crippen LogP contribution in [0.15, 0.2) is 237 Å². The van der Waals surface area contributed by atoms with Crippen molar-refractivity contribution < 1.29 is 0 Å². The third kappa shape index (κ3) is 5.70. The Morgan fingerprint density at radius 1 is 0.348 bits per heavy atom. The van der Waals surface area contributed by atoms with Crippen molar-refractivity contribution >= 4 is 60.7 Å². The van der Waals surface area contributed by atoms with Gasteiger partial charge in [0, 0.05) is 55.3 Å². The first-order valence-electron chi connectivity index (χ1n) is 22.9. The Bertz CT molecular complexity index is 3800. The second-order valence-electron chi connectivity index (χ2n) is 18.1. The van der Waals surface area contributed by atoms with E-state index in [2.05, 4.69) is 264 Å². The zero-order chi connectivity index (χ0) is 43.9. The standard InChI is InChI=1S/C63H45N3/c1-63(2)54-27-14-12-25-52(54)60-55(63)28-17-31-58(60)64(47-36-32-43(33-37-47)42-18-6-3-7-19-42)48-38-34-44(35-39-48)49-26-16-30-57-59(49)53-41-40-51-50-24-13-15-29-56(50)65(45-20-8-4-9-21-45)61(51)62(53)66(57)46-22-10-5-11-23-46/h3-41H,1-2H3. The predicted octanol–water partition coefficient (Wildman–Crippen LogP) is 17.0. The molecule has 2 heterocycles. The minimum atomic E-state index is -0.118. The molecule has 0 atom stereocenters. The van der Waals surface area contributed by atoms with E-state index < -0.39 is 0 Å². The number of hydrogen-bond acceptors (Lipinski definition) is 1. The third-order valence-corrected chi connectivity index (χ3v) is 14.1. The van der Waals surface area contributed by atoms with Gasteiger partial charge in [-0.15, -0.1) is 0 Å². The van der Waals surface area contributed by atoms with Crippen LogP contribution in [0.2, 0.25) is 0 Å². The van der Waals surface area contributed by atoms with Crippen LogP contribution < -0.4 is 4.90 Å². The molecular weight excluding hydrogens is 799 g/mol. The van der Waals surface area contributed by atoms with Gasteiger partial charge in [-0.2, -0.15) is 0 Å². The molecule has 0 radical (unpaired) electrons. The summed E-state index contributed by atoms with van der Waals surface area (Å²) in [4.78, 5) is 2.45. The van der Waals surface area contributed by atoms with Gasteiger partial charge in [-0.05, 0) is 106 Å². The van der Waals surface area contributed by atoms with Gasteiger partial charge < -0.3 is 14.0 Å². The summed E-state index contributed by atoms with van der Waals surface area (Å²) in [6.45, 7) is 4.72. The third-order valence-electron chi connectivity index (χ3n) is 14.1. The molecule has 12 aromatic rings. The number of benzene rings is 10. The smallest absolute Gasteiger partial charge is 0.0789 e. The molecule has 2 aromatic heterocycles. The first-order chi connectivity index (χ1) is 32.5. The van der Waals surface area contributed by atoms with Crippen LogP contribution in [0.5, 0.6) is 0 Å². The average molecular weight is 844 g/mol. The van der Waals surface area contributed by atoms with E-state index in [0.29, 0.717) is 0 Å². The summed E-state index contributed by atoms with van der Waals surface area (Å²) in [6, 6.07) is 86.7. The van der Waals surface area contributed by atoms with Crippen LogP contribution in [0, 0.1) is 0 Å². The van der Waals surface area contributed by atoms with E-state index in [1.807, 2.05) is 0 Å². The van der Waals surface area contributed by atoms with Gasteiger partial charge in [0.05, 0.1) is 27.8 Å². The maximum atomic E-state index is 2.49. The summed E-state index contributed by atoms with van der Waals surface area (Å²) in [6.07, 6.45) is 0. The van der Waals surface area contributed by atoms with Crippen LogP contribution in [0.25, 0.3) is 88.4 Å². The van der Waals surface area contributed by atoms with Gasteiger partial charge >= 0.3 is 0 Å². The van der Waals surface area contributed by atoms with Gasteiger partial charge in [0.2, 0.25) is 0 Å². The quantitative estimate of drug-likeness (QED) is 0.156. The van der Waals surface area contributed by atoms with Crippen LogP contribution in [-0.2, 0) is 5.41 Å². The number of fused-ring (bicyclic) bond motifs is 10. The lowest BCUT2D eigenvalue weighted by molar-refractivity contribution is 0.660. The minimum absolute atomic E-state index is 0.118. The second-order valence-corrected chi connectivity index (χ2v) is 18.1. The molecule has 0 fully saturated rings. The fraction of sp³-hybridized carbons (Fsp3) is 0.0476. The Labute approximate surface area is 384 Å². The van der Waals surface area contributed by atoms with Crippen molar-refractivity contribution in [1.82, 2.24) is 9.13 Å². The summed E-state index contributed by atoms with van der Waals surface area (Å²) in [5, 5.41) is 4.95. The summed E-state index contributed by atoms with van der Waals surface area (Å²) in [5.74, 6) is 0. The lowest BCUT2D eigenvalue weighted by atomic mass is 9.82. The van der Waals surface area contributed by atoms with E-state index in [-0.39, 0.29) is 5.41 Å². The molecule has 0 bridgehead atoms. The van der Waals surface area contributed by atoms with Crippen molar-refractivity contribution in [1.29, 1.82) is 0 Å². The molecule has 66 heavy (non-hydrogen) atoms. The molecule has 0 amide bonds. The van der Waals surface area contributed by atoms with E-state index in [9.17, 15) is 0 Å². The van der Waals surface area contributed by atoms with E-state index >= 15 is 0 Å². The molecule has 312 valence electrons. The molecule has 3 nitrogen and oxygen atoms in total. The first kappa shape index (κ1) is 38.1. The maximum absolute atomic E-state index is 2.49. The van der Waals surface area contributed by atoms with Gasteiger partial charge in [0.1, 0.15) is 0 Å². The summed E-state index contributed by atoms with van der Waals surface area (Å²) in [5.41, 5.74) is 20.4. The molecule has 0 saturated carbocycles. The largest absolute Gasteiger partial charge is 0.310 e. The minimum Gasteiger partial charge on any atom is -0.310 e. The number of hydrogen-bond donors (Lipinski definition) is 0. The van der Waals surface area contributed by atoms with Crippen molar-refractivity contribution in [3.05, 3.63) is 248 Å². The Balaban J connectivity index is 1.03. The molecule has 0 aliphatic heterocycles. The lowest BCUT2D eigenvalue weighted by Crippen LogP contribution is -2.16. The Morgan fingerprint density at radius 3 is 1.56 bits per heavy atom. The number of aromatic nitrogens is 2. The highest BCUT2D eigenvalue weighted by molar-refractivity contribution is 6.26. The fourth-order valence-electron chi connectivity index (χ4n) is 11.1. The highest BCUT2D eigenvalue weighted by atomic mass is 15.1. The Hall–Kier alpha value is -8.40. The summed E-state index contributed by atoms with van der Waals surface area (Å²) < 4.78 is 4.94. The zero-order valence-corrected chi connectivity index (χ0v) is 36.9. The predicted molar refractivity (Wildman–Crippen MR) is 278 cm³/mol. The monoisotopic (exact) mass is 843 g/mol. The first-order valence-corrected chi connectivity index (χ1v) is 22.9. The number of para-hydroxylation sites is 3. The van der Waals surface area contributed by atoms with Gasteiger partial charge in [-0.25, -0.2) is 0 Å². The molecule has 10 aromatic carbocycles. The van der Waals surface area contributed by atoms with Crippen molar-refractivity contribution in [2.24, 2.45) is 0 Å². The van der Waals surface area contributed by atoms with Gasteiger partial charge in [-0.3, -0.25) is 0 Å². The molecular formula is C63H45N3. The highest BCUT2D eigenvalue weighted by Gasteiger charge is 2.37. The highest BCUT2D eigenvalue weighted by Crippen LogP contribution is 2.54. The maximum Gasteiger partial charge on any atom is 0.0789 e.